The van der Waals surface area contributed by atoms with Crippen LogP contribution in [0.3, 0.4) is 0 Å². The summed E-state index contributed by atoms with van der Waals surface area (Å²) in [6, 6.07) is 0.110. The lowest BCUT2D eigenvalue weighted by Gasteiger charge is -2.38. The minimum atomic E-state index is 0.110. The molecular formula is C10H19NO. The lowest BCUT2D eigenvalue weighted by atomic mass is 9.72. The molecule has 1 atom stereocenters. The standard InChI is InChI=1S/C10H19NO/c1-3-10(4-2)5-6-11-9(7-10)8-12/h8-9,11H,3-7H2,1-2H3. The molecule has 12 heavy (non-hydrogen) atoms. The Bertz CT molecular complexity index is 152. The number of piperidine rings is 1. The Morgan fingerprint density at radius 3 is 2.67 bits per heavy atom. The Morgan fingerprint density at radius 1 is 1.50 bits per heavy atom. The zero-order valence-electron chi connectivity index (χ0n) is 8.10. The van der Waals surface area contributed by atoms with Gasteiger partial charge in [-0.15, -0.1) is 0 Å². The van der Waals surface area contributed by atoms with Gasteiger partial charge in [0.05, 0.1) is 6.04 Å². The first-order valence-electron chi connectivity index (χ1n) is 4.95. The smallest absolute Gasteiger partial charge is 0.136 e. The molecule has 0 spiro atoms. The van der Waals surface area contributed by atoms with Crippen LogP contribution in [0.15, 0.2) is 0 Å². The highest BCUT2D eigenvalue weighted by molar-refractivity contribution is 5.57. The fourth-order valence-corrected chi connectivity index (χ4v) is 2.15. The number of nitrogens with one attached hydrogen (secondary N) is 1. The predicted octanol–water partition coefficient (Wildman–Crippen LogP) is 1.74. The molecule has 1 heterocycles. The van der Waals surface area contributed by atoms with E-state index in [0.29, 0.717) is 5.41 Å². The number of carbonyl (C=O) groups excluding carboxylic acids is 1. The van der Waals surface area contributed by atoms with Crippen LogP contribution >= 0.6 is 0 Å². The van der Waals surface area contributed by atoms with Gasteiger partial charge < -0.3 is 10.1 Å². The van der Waals surface area contributed by atoms with Crippen molar-refractivity contribution in [3.63, 3.8) is 0 Å². The van der Waals surface area contributed by atoms with E-state index in [0.717, 1.165) is 19.3 Å². The summed E-state index contributed by atoms with van der Waals surface area (Å²) in [5.74, 6) is 0. The molecule has 0 aromatic rings. The predicted molar refractivity (Wildman–Crippen MR) is 50.1 cm³/mol. The van der Waals surface area contributed by atoms with Crippen LogP contribution in [0.2, 0.25) is 0 Å². The van der Waals surface area contributed by atoms with E-state index in [2.05, 4.69) is 19.2 Å². The topological polar surface area (TPSA) is 29.1 Å². The van der Waals surface area contributed by atoms with Gasteiger partial charge in [0.25, 0.3) is 0 Å². The molecule has 0 aromatic carbocycles. The second kappa shape index (κ2) is 4.04. The van der Waals surface area contributed by atoms with Crippen LogP contribution in [-0.2, 0) is 4.79 Å². The van der Waals surface area contributed by atoms with Crippen molar-refractivity contribution in [2.45, 2.75) is 45.6 Å². The zero-order chi connectivity index (χ0) is 9.03. The molecule has 1 saturated heterocycles. The van der Waals surface area contributed by atoms with Gasteiger partial charge in [-0.05, 0) is 24.8 Å². The Kier molecular flexibility index (Phi) is 3.27. The van der Waals surface area contributed by atoms with E-state index in [-0.39, 0.29) is 6.04 Å². The van der Waals surface area contributed by atoms with Crippen molar-refractivity contribution in [1.29, 1.82) is 0 Å². The van der Waals surface area contributed by atoms with Gasteiger partial charge in [-0.1, -0.05) is 26.7 Å². The quantitative estimate of drug-likeness (QED) is 0.652. The molecule has 0 aromatic heterocycles. The van der Waals surface area contributed by atoms with Crippen molar-refractivity contribution < 1.29 is 4.79 Å². The second-order valence-electron chi connectivity index (χ2n) is 3.86. The monoisotopic (exact) mass is 169 g/mol. The van der Waals surface area contributed by atoms with E-state index in [4.69, 9.17) is 0 Å². The highest BCUT2D eigenvalue weighted by atomic mass is 16.1. The third kappa shape index (κ3) is 1.86. The summed E-state index contributed by atoms with van der Waals surface area (Å²) in [4.78, 5) is 10.6. The minimum absolute atomic E-state index is 0.110. The molecule has 0 bridgehead atoms. The summed E-state index contributed by atoms with van der Waals surface area (Å²) in [5.41, 5.74) is 0.441. The van der Waals surface area contributed by atoms with Gasteiger partial charge in [0.15, 0.2) is 0 Å². The van der Waals surface area contributed by atoms with Crippen LogP contribution < -0.4 is 5.32 Å². The van der Waals surface area contributed by atoms with E-state index < -0.39 is 0 Å². The Labute approximate surface area is 74.7 Å². The van der Waals surface area contributed by atoms with Crippen LogP contribution in [0.5, 0.6) is 0 Å². The molecule has 70 valence electrons. The average molecular weight is 169 g/mol. The lowest BCUT2D eigenvalue weighted by Crippen LogP contribution is -2.44. The molecular weight excluding hydrogens is 150 g/mol. The average Bonchev–Trinajstić information content (AvgIpc) is 2.18. The maximum Gasteiger partial charge on any atom is 0.136 e. The number of rotatable bonds is 3. The molecule has 1 N–H and O–H groups in total. The number of aldehydes is 1. The van der Waals surface area contributed by atoms with Crippen molar-refractivity contribution in [3.8, 4) is 0 Å². The molecule has 1 aliphatic heterocycles. The van der Waals surface area contributed by atoms with Gasteiger partial charge in [-0.25, -0.2) is 0 Å². The number of hydrogen-bond acceptors (Lipinski definition) is 2. The molecule has 1 fully saturated rings. The van der Waals surface area contributed by atoms with Crippen molar-refractivity contribution in [2.75, 3.05) is 6.54 Å². The van der Waals surface area contributed by atoms with Crippen LogP contribution in [0.4, 0.5) is 0 Å². The minimum Gasteiger partial charge on any atom is -0.308 e. The Hall–Kier alpha value is -0.370. The molecule has 0 radical (unpaired) electrons. The summed E-state index contributed by atoms with van der Waals surface area (Å²) in [6.07, 6.45) is 5.72. The first-order valence-corrected chi connectivity index (χ1v) is 4.95. The van der Waals surface area contributed by atoms with E-state index >= 15 is 0 Å². The van der Waals surface area contributed by atoms with Crippen LogP contribution in [0.1, 0.15) is 39.5 Å². The van der Waals surface area contributed by atoms with Gasteiger partial charge in [-0.2, -0.15) is 0 Å². The molecule has 0 saturated carbocycles. The highest BCUT2D eigenvalue weighted by Crippen LogP contribution is 2.37. The van der Waals surface area contributed by atoms with Gasteiger partial charge in [0, 0.05) is 0 Å². The summed E-state index contributed by atoms with van der Waals surface area (Å²) < 4.78 is 0. The molecule has 1 rings (SSSR count). The molecule has 0 aliphatic carbocycles. The van der Waals surface area contributed by atoms with E-state index in [1.807, 2.05) is 0 Å². The van der Waals surface area contributed by atoms with Crippen LogP contribution in [0.25, 0.3) is 0 Å². The van der Waals surface area contributed by atoms with Gasteiger partial charge in [0.1, 0.15) is 6.29 Å². The summed E-state index contributed by atoms with van der Waals surface area (Å²) in [7, 11) is 0. The molecule has 1 unspecified atom stereocenters. The molecule has 2 heteroatoms. The third-order valence-corrected chi connectivity index (χ3v) is 3.38. The Balaban J connectivity index is 2.58. The van der Waals surface area contributed by atoms with Crippen LogP contribution in [0, 0.1) is 5.41 Å². The lowest BCUT2D eigenvalue weighted by molar-refractivity contribution is -0.111. The SMILES string of the molecule is CCC1(CC)CCNC(C=O)C1. The third-order valence-electron chi connectivity index (χ3n) is 3.38. The molecule has 1 aliphatic rings. The first kappa shape index (κ1) is 9.72. The second-order valence-corrected chi connectivity index (χ2v) is 3.86. The molecule has 0 amide bonds. The fraction of sp³-hybridized carbons (Fsp3) is 0.900. The normalized spacial score (nSPS) is 28.3. The van der Waals surface area contributed by atoms with Crippen molar-refractivity contribution in [3.05, 3.63) is 0 Å². The maximum atomic E-state index is 10.6. The van der Waals surface area contributed by atoms with E-state index in [9.17, 15) is 4.79 Å². The Morgan fingerprint density at radius 2 is 2.17 bits per heavy atom. The maximum absolute atomic E-state index is 10.6. The summed E-state index contributed by atoms with van der Waals surface area (Å²) in [5, 5.41) is 3.22. The first-order chi connectivity index (χ1) is 5.76. The zero-order valence-corrected chi connectivity index (χ0v) is 8.10. The van der Waals surface area contributed by atoms with Gasteiger partial charge in [0.2, 0.25) is 0 Å². The highest BCUT2D eigenvalue weighted by Gasteiger charge is 2.32. The van der Waals surface area contributed by atoms with E-state index in [1.165, 1.54) is 19.3 Å². The number of hydrogen-bond donors (Lipinski definition) is 1. The van der Waals surface area contributed by atoms with Crippen LogP contribution in [-0.4, -0.2) is 18.9 Å². The molecule has 2 nitrogen and oxygen atoms in total. The fourth-order valence-electron chi connectivity index (χ4n) is 2.15. The van der Waals surface area contributed by atoms with E-state index in [1.54, 1.807) is 0 Å². The van der Waals surface area contributed by atoms with Gasteiger partial charge in [-0.3, -0.25) is 0 Å². The summed E-state index contributed by atoms with van der Waals surface area (Å²) in [6.45, 7) is 5.47. The number of carbonyl (C=O) groups is 1. The summed E-state index contributed by atoms with van der Waals surface area (Å²) >= 11 is 0. The van der Waals surface area contributed by atoms with Crippen molar-refractivity contribution in [1.82, 2.24) is 5.32 Å². The largest absolute Gasteiger partial charge is 0.308 e. The van der Waals surface area contributed by atoms with Crippen molar-refractivity contribution in [2.24, 2.45) is 5.41 Å². The van der Waals surface area contributed by atoms with Gasteiger partial charge >= 0.3 is 0 Å². The van der Waals surface area contributed by atoms with Crippen molar-refractivity contribution >= 4 is 6.29 Å².